The van der Waals surface area contributed by atoms with E-state index in [9.17, 15) is 9.65 Å². The molecule has 0 spiro atoms. The normalized spacial score (nSPS) is 11.9. The molecule has 0 fully saturated rings. The van der Waals surface area contributed by atoms with Gasteiger partial charge in [0.1, 0.15) is 40.8 Å². The number of hydrogen-bond donors (Lipinski definition) is 1. The summed E-state index contributed by atoms with van der Waals surface area (Å²) in [5, 5.41) is 23.0. The minimum atomic E-state index is -0.424. The molecule has 0 bridgehead atoms. The van der Waals surface area contributed by atoms with Crippen LogP contribution in [0.3, 0.4) is 0 Å². The Morgan fingerprint density at radius 2 is 2.00 bits per heavy atom. The minimum absolute atomic E-state index is 0.245. The van der Waals surface area contributed by atoms with E-state index in [1.165, 1.54) is 24.2 Å². The van der Waals surface area contributed by atoms with E-state index in [2.05, 4.69) is 26.3 Å². The van der Waals surface area contributed by atoms with Crippen molar-refractivity contribution in [1.82, 2.24) is 34.7 Å². The van der Waals surface area contributed by atoms with E-state index in [1.807, 2.05) is 6.92 Å². The molecule has 0 amide bonds. The van der Waals surface area contributed by atoms with Crippen LogP contribution >= 0.6 is 0 Å². The van der Waals surface area contributed by atoms with Crippen LogP contribution in [0.4, 0.5) is 10.2 Å². The number of hydrogen-bond acceptors (Lipinski definition) is 8. The van der Waals surface area contributed by atoms with Crippen LogP contribution in [0.5, 0.6) is 5.75 Å². The Balaban J connectivity index is 1.65. The fourth-order valence-corrected chi connectivity index (χ4v) is 3.73. The van der Waals surface area contributed by atoms with Crippen LogP contribution in [0.2, 0.25) is 0 Å². The predicted octanol–water partition coefficient (Wildman–Crippen LogP) is 3.28. The largest absolute Gasteiger partial charge is 0.497 e. The number of halogens is 1. The second-order valence-electron chi connectivity index (χ2n) is 7.53. The summed E-state index contributed by atoms with van der Waals surface area (Å²) in [6.07, 6.45) is 3.00. The second kappa shape index (κ2) is 8.25. The van der Waals surface area contributed by atoms with Crippen molar-refractivity contribution in [3.05, 3.63) is 72.1 Å². The first-order valence-corrected chi connectivity index (χ1v) is 10.3. The van der Waals surface area contributed by atoms with E-state index in [1.54, 1.807) is 47.3 Å². The molecule has 1 atom stereocenters. The Morgan fingerprint density at radius 1 is 1.18 bits per heavy atom. The van der Waals surface area contributed by atoms with Gasteiger partial charge < -0.3 is 10.5 Å². The van der Waals surface area contributed by atoms with Crippen LogP contribution in [0.1, 0.15) is 24.2 Å². The van der Waals surface area contributed by atoms with E-state index in [0.717, 1.165) is 0 Å². The monoisotopic (exact) mass is 455 g/mol. The first-order chi connectivity index (χ1) is 16.5. The smallest absolute Gasteiger partial charge is 0.164 e. The van der Waals surface area contributed by atoms with Crippen LogP contribution in [0.15, 0.2) is 55.0 Å². The first-order valence-electron chi connectivity index (χ1n) is 10.3. The SMILES string of the molecule is COc1cc(C#N)cc(-c2nn(C(C)c3cn(-c4ccccc4F)nn3)c3ncnc(N)c23)c1. The third kappa shape index (κ3) is 3.47. The summed E-state index contributed by atoms with van der Waals surface area (Å²) < 4.78 is 22.6. The molecule has 0 radical (unpaired) electrons. The lowest BCUT2D eigenvalue weighted by Gasteiger charge is -2.09. The zero-order chi connectivity index (χ0) is 23.8. The summed E-state index contributed by atoms with van der Waals surface area (Å²) >= 11 is 0. The van der Waals surface area contributed by atoms with Crippen LogP contribution in [0.25, 0.3) is 28.0 Å². The Morgan fingerprint density at radius 3 is 2.76 bits per heavy atom. The molecule has 0 aliphatic rings. The highest BCUT2D eigenvalue weighted by atomic mass is 19.1. The van der Waals surface area contributed by atoms with Crippen molar-refractivity contribution >= 4 is 16.9 Å². The van der Waals surface area contributed by atoms with Gasteiger partial charge in [0.05, 0.1) is 36.4 Å². The lowest BCUT2D eigenvalue weighted by molar-refractivity contribution is 0.415. The number of benzene rings is 2. The topological polar surface area (TPSA) is 133 Å². The minimum Gasteiger partial charge on any atom is -0.497 e. The van der Waals surface area contributed by atoms with Gasteiger partial charge >= 0.3 is 0 Å². The number of nitrogens with zero attached hydrogens (tertiary/aromatic N) is 8. The van der Waals surface area contributed by atoms with Crippen LogP contribution in [-0.2, 0) is 0 Å². The number of nitrogen functional groups attached to an aromatic ring is 1. The fraction of sp³-hybridized carbons (Fsp3) is 0.130. The van der Waals surface area contributed by atoms with Crippen molar-refractivity contribution in [2.45, 2.75) is 13.0 Å². The molecule has 0 saturated heterocycles. The van der Waals surface area contributed by atoms with Gasteiger partial charge in [0.2, 0.25) is 0 Å². The van der Waals surface area contributed by atoms with Crippen LogP contribution in [0, 0.1) is 17.1 Å². The van der Waals surface area contributed by atoms with Gasteiger partial charge in [-0.2, -0.15) is 10.4 Å². The van der Waals surface area contributed by atoms with Crippen molar-refractivity contribution in [1.29, 1.82) is 5.26 Å². The predicted molar refractivity (Wildman–Crippen MR) is 122 cm³/mol. The number of nitrogens with two attached hydrogens (primary N) is 1. The number of rotatable bonds is 5. The molecule has 2 aromatic carbocycles. The maximum Gasteiger partial charge on any atom is 0.164 e. The van der Waals surface area contributed by atoms with Gasteiger partial charge in [-0.15, -0.1) is 5.10 Å². The molecule has 10 nitrogen and oxygen atoms in total. The summed E-state index contributed by atoms with van der Waals surface area (Å²) in [6, 6.07) is 13.1. The van der Waals surface area contributed by atoms with Gasteiger partial charge in [-0.05, 0) is 37.3 Å². The standard InChI is InChI=1S/C23H18FN9O/c1-13(18-11-32(31-29-18)19-6-4-3-5-17(19)24)33-23-20(22(26)27-12-28-23)21(30-33)15-7-14(10-25)8-16(9-15)34-2/h3-9,11-13H,1-2H3,(H2,26,27,28). The molecule has 168 valence electrons. The number of nitriles is 1. The maximum atomic E-state index is 14.2. The third-order valence-corrected chi connectivity index (χ3v) is 5.47. The van der Waals surface area contributed by atoms with Gasteiger partial charge in [0, 0.05) is 5.56 Å². The first kappa shape index (κ1) is 21.0. The number of fused-ring (bicyclic) bond motifs is 1. The summed E-state index contributed by atoms with van der Waals surface area (Å²) in [5.74, 6) is 0.341. The summed E-state index contributed by atoms with van der Waals surface area (Å²) in [4.78, 5) is 8.52. The molecule has 11 heteroatoms. The van der Waals surface area contributed by atoms with E-state index in [4.69, 9.17) is 15.6 Å². The highest BCUT2D eigenvalue weighted by Gasteiger charge is 2.23. The zero-order valence-electron chi connectivity index (χ0n) is 18.2. The average Bonchev–Trinajstić information content (AvgIpc) is 3.50. The van der Waals surface area contributed by atoms with Crippen molar-refractivity contribution in [2.75, 3.05) is 12.8 Å². The van der Waals surface area contributed by atoms with Crippen molar-refractivity contribution in [3.8, 4) is 28.8 Å². The number of anilines is 1. The second-order valence-corrected chi connectivity index (χ2v) is 7.53. The zero-order valence-corrected chi connectivity index (χ0v) is 18.2. The van der Waals surface area contributed by atoms with Crippen molar-refractivity contribution in [3.63, 3.8) is 0 Å². The van der Waals surface area contributed by atoms with Crippen LogP contribution < -0.4 is 10.5 Å². The highest BCUT2D eigenvalue weighted by Crippen LogP contribution is 2.34. The molecule has 5 rings (SSSR count). The van der Waals surface area contributed by atoms with Gasteiger partial charge in [-0.3, -0.25) is 0 Å². The fourth-order valence-electron chi connectivity index (χ4n) is 3.73. The van der Waals surface area contributed by atoms with Crippen LogP contribution in [-0.4, -0.2) is 41.9 Å². The van der Waals surface area contributed by atoms with Crippen molar-refractivity contribution in [2.24, 2.45) is 0 Å². The lowest BCUT2D eigenvalue weighted by Crippen LogP contribution is -2.10. The summed E-state index contributed by atoms with van der Waals surface area (Å²) in [6.45, 7) is 1.87. The number of methoxy groups -OCH3 is 1. The third-order valence-electron chi connectivity index (χ3n) is 5.47. The molecule has 5 aromatic rings. The number of ether oxygens (including phenoxy) is 1. The quantitative estimate of drug-likeness (QED) is 0.427. The molecule has 2 N–H and O–H groups in total. The Hall–Kier alpha value is -4.85. The molecule has 1 unspecified atom stereocenters. The van der Waals surface area contributed by atoms with Gasteiger partial charge in [-0.25, -0.2) is 23.7 Å². The average molecular weight is 455 g/mol. The molecule has 3 aromatic heterocycles. The maximum absolute atomic E-state index is 14.2. The lowest BCUT2D eigenvalue weighted by atomic mass is 10.1. The van der Waals surface area contributed by atoms with Gasteiger partial charge in [-0.1, -0.05) is 17.3 Å². The molecule has 0 aliphatic heterocycles. The Bertz CT molecular complexity index is 1570. The van der Waals surface area contributed by atoms with Crippen molar-refractivity contribution < 1.29 is 9.13 Å². The van der Waals surface area contributed by atoms with Gasteiger partial charge in [0.25, 0.3) is 0 Å². The van der Waals surface area contributed by atoms with E-state index in [-0.39, 0.29) is 11.5 Å². The number of aromatic nitrogens is 7. The summed E-state index contributed by atoms with van der Waals surface area (Å²) in [7, 11) is 1.52. The molecule has 3 heterocycles. The molecular formula is C23H18FN9O. The molecule has 34 heavy (non-hydrogen) atoms. The van der Waals surface area contributed by atoms with Gasteiger partial charge in [0.15, 0.2) is 5.65 Å². The number of para-hydroxylation sites is 1. The van der Waals surface area contributed by atoms with E-state index >= 15 is 0 Å². The highest BCUT2D eigenvalue weighted by molar-refractivity contribution is 5.98. The Kier molecular flexibility index (Phi) is 5.10. The van der Waals surface area contributed by atoms with E-state index < -0.39 is 11.9 Å². The summed E-state index contributed by atoms with van der Waals surface area (Å²) in [5.41, 5.74) is 9.05. The Labute approximate surface area is 193 Å². The molecule has 0 aliphatic carbocycles. The van der Waals surface area contributed by atoms with E-state index in [0.29, 0.717) is 39.3 Å². The molecular weight excluding hydrogens is 437 g/mol. The molecule has 0 saturated carbocycles.